The lowest BCUT2D eigenvalue weighted by atomic mass is 10.1. The molecule has 0 spiro atoms. The van der Waals surface area contributed by atoms with Crippen molar-refractivity contribution in [2.45, 2.75) is 44.0 Å². The molecule has 0 saturated carbocycles. The Morgan fingerprint density at radius 1 is 1.03 bits per heavy atom. The van der Waals surface area contributed by atoms with Crippen LogP contribution in [-0.4, -0.2) is 41.5 Å². The van der Waals surface area contributed by atoms with Crippen LogP contribution in [0.1, 0.15) is 37.8 Å². The van der Waals surface area contributed by atoms with E-state index < -0.39 is 33.3 Å². The van der Waals surface area contributed by atoms with Crippen molar-refractivity contribution < 1.29 is 17.6 Å². The van der Waals surface area contributed by atoms with Gasteiger partial charge in [0.1, 0.15) is 11.9 Å². The van der Waals surface area contributed by atoms with Crippen LogP contribution in [0.15, 0.2) is 64.3 Å². The van der Waals surface area contributed by atoms with Crippen LogP contribution in [-0.2, 0) is 14.8 Å². The van der Waals surface area contributed by atoms with Gasteiger partial charge in [-0.3, -0.25) is 9.59 Å². The fraction of sp³-hybridized carbons (Fsp3) is 0.320. The topological polar surface area (TPSA) is 101 Å². The molecule has 0 bridgehead atoms. The van der Waals surface area contributed by atoms with Crippen LogP contribution in [0.3, 0.4) is 0 Å². The van der Waals surface area contributed by atoms with Gasteiger partial charge in [-0.1, -0.05) is 18.6 Å². The van der Waals surface area contributed by atoms with Crippen molar-refractivity contribution in [1.82, 2.24) is 14.1 Å². The van der Waals surface area contributed by atoms with Gasteiger partial charge in [-0.05, 0) is 68.7 Å². The molecule has 4 rings (SSSR count). The lowest BCUT2D eigenvalue weighted by Gasteiger charge is -2.26. The summed E-state index contributed by atoms with van der Waals surface area (Å²) in [4.78, 5) is 25.4. The Morgan fingerprint density at radius 2 is 1.71 bits per heavy atom. The molecular formula is C25H27FN4O4S. The highest BCUT2D eigenvalue weighted by molar-refractivity contribution is 7.89. The third-order valence-electron chi connectivity index (χ3n) is 6.10. The molecule has 8 nitrogen and oxygen atoms in total. The molecule has 1 aromatic heterocycles. The number of aromatic nitrogens is 2. The molecule has 10 heteroatoms. The zero-order valence-electron chi connectivity index (χ0n) is 19.6. The summed E-state index contributed by atoms with van der Waals surface area (Å²) in [6.45, 7) is 4.26. The fourth-order valence-electron chi connectivity index (χ4n) is 4.03. The first kappa shape index (κ1) is 24.7. The van der Waals surface area contributed by atoms with Crippen molar-refractivity contribution in [1.29, 1.82) is 0 Å². The first-order valence-corrected chi connectivity index (χ1v) is 12.9. The average Bonchev–Trinajstić information content (AvgIpc) is 2.86. The van der Waals surface area contributed by atoms with E-state index in [1.165, 1.54) is 47.6 Å². The minimum Gasteiger partial charge on any atom is -0.324 e. The quantitative estimate of drug-likeness (QED) is 0.558. The number of nitrogens with one attached hydrogen (secondary N) is 1. The minimum absolute atomic E-state index is 0.207. The van der Waals surface area contributed by atoms with E-state index in [9.17, 15) is 22.4 Å². The predicted octanol–water partition coefficient (Wildman–Crippen LogP) is 3.73. The number of amides is 1. The van der Waals surface area contributed by atoms with Gasteiger partial charge in [0, 0.05) is 30.4 Å². The fourth-order valence-corrected chi connectivity index (χ4v) is 5.80. The summed E-state index contributed by atoms with van der Waals surface area (Å²) in [5.41, 5.74) is 1.41. The van der Waals surface area contributed by atoms with Crippen LogP contribution in [0, 0.1) is 12.7 Å². The number of hydrogen-bond donors (Lipinski definition) is 1. The zero-order chi connectivity index (χ0) is 25.2. The number of halogens is 1. The summed E-state index contributed by atoms with van der Waals surface area (Å²) < 4.78 is 42.2. The maximum atomic E-state index is 13.3. The number of anilines is 1. The molecule has 1 fully saturated rings. The molecule has 1 saturated heterocycles. The number of benzene rings is 2. The molecule has 1 atom stereocenters. The SMILES string of the molecule is Cc1ccc(-c2ccc(=O)n([C@@H](C)C(=O)Nc3ccc(F)cc3)n2)cc1S(=O)(=O)N1CCCCC1. The highest BCUT2D eigenvalue weighted by Crippen LogP contribution is 2.28. The third-order valence-corrected chi connectivity index (χ3v) is 8.14. The van der Waals surface area contributed by atoms with E-state index in [4.69, 9.17) is 0 Å². The van der Waals surface area contributed by atoms with Gasteiger partial charge in [0.15, 0.2) is 0 Å². The molecule has 2 heterocycles. The molecule has 2 aromatic carbocycles. The number of carbonyl (C=O) groups excluding carboxylic acids is 1. The van der Waals surface area contributed by atoms with Gasteiger partial charge < -0.3 is 5.32 Å². The van der Waals surface area contributed by atoms with E-state index in [1.807, 2.05) is 0 Å². The maximum Gasteiger partial charge on any atom is 0.267 e. The smallest absolute Gasteiger partial charge is 0.267 e. The summed E-state index contributed by atoms with van der Waals surface area (Å²) in [5, 5.41) is 7.00. The normalized spacial score (nSPS) is 15.5. The lowest BCUT2D eigenvalue weighted by Crippen LogP contribution is -2.36. The summed E-state index contributed by atoms with van der Waals surface area (Å²) in [6.07, 6.45) is 2.69. The number of aryl methyl sites for hydroxylation is 1. The van der Waals surface area contributed by atoms with Gasteiger partial charge in [-0.2, -0.15) is 9.40 Å². The molecule has 184 valence electrons. The van der Waals surface area contributed by atoms with E-state index >= 15 is 0 Å². The second kappa shape index (κ2) is 10.1. The molecule has 1 aliphatic heterocycles. The van der Waals surface area contributed by atoms with E-state index in [0.29, 0.717) is 35.6 Å². The molecule has 1 N–H and O–H groups in total. The van der Waals surface area contributed by atoms with Gasteiger partial charge in [-0.25, -0.2) is 17.5 Å². The van der Waals surface area contributed by atoms with Crippen LogP contribution < -0.4 is 10.9 Å². The minimum atomic E-state index is -3.66. The number of sulfonamides is 1. The van der Waals surface area contributed by atoms with Crippen molar-refractivity contribution >= 4 is 21.6 Å². The molecule has 0 radical (unpaired) electrons. The van der Waals surface area contributed by atoms with Crippen LogP contribution in [0.2, 0.25) is 0 Å². The van der Waals surface area contributed by atoms with Crippen molar-refractivity contribution in [3.8, 4) is 11.3 Å². The van der Waals surface area contributed by atoms with E-state index in [0.717, 1.165) is 23.9 Å². The molecule has 3 aromatic rings. The monoisotopic (exact) mass is 498 g/mol. The second-order valence-corrected chi connectivity index (χ2v) is 10.5. The predicted molar refractivity (Wildman–Crippen MR) is 131 cm³/mol. The second-order valence-electron chi connectivity index (χ2n) is 8.62. The molecule has 1 amide bonds. The van der Waals surface area contributed by atoms with Crippen LogP contribution in [0.25, 0.3) is 11.3 Å². The maximum absolute atomic E-state index is 13.3. The largest absolute Gasteiger partial charge is 0.324 e. The number of carbonyl (C=O) groups is 1. The summed E-state index contributed by atoms with van der Waals surface area (Å²) in [7, 11) is -3.66. The Bertz CT molecular complexity index is 1400. The summed E-state index contributed by atoms with van der Waals surface area (Å²) >= 11 is 0. The Morgan fingerprint density at radius 3 is 2.40 bits per heavy atom. The number of nitrogens with zero attached hydrogens (tertiary/aromatic N) is 3. The van der Waals surface area contributed by atoms with Gasteiger partial charge >= 0.3 is 0 Å². The van der Waals surface area contributed by atoms with Crippen LogP contribution >= 0.6 is 0 Å². The van der Waals surface area contributed by atoms with Crippen molar-refractivity contribution in [2.75, 3.05) is 18.4 Å². The average molecular weight is 499 g/mol. The van der Waals surface area contributed by atoms with Crippen molar-refractivity contribution in [3.05, 3.63) is 76.3 Å². The van der Waals surface area contributed by atoms with E-state index in [2.05, 4.69) is 10.4 Å². The Balaban J connectivity index is 1.64. The van der Waals surface area contributed by atoms with Crippen molar-refractivity contribution in [3.63, 3.8) is 0 Å². The van der Waals surface area contributed by atoms with Gasteiger partial charge in [0.05, 0.1) is 10.6 Å². The van der Waals surface area contributed by atoms with Crippen molar-refractivity contribution in [2.24, 2.45) is 0 Å². The van der Waals surface area contributed by atoms with E-state index in [1.54, 1.807) is 25.1 Å². The Hall–Kier alpha value is -3.37. The first-order valence-electron chi connectivity index (χ1n) is 11.4. The summed E-state index contributed by atoms with van der Waals surface area (Å²) in [6, 6.07) is 12.1. The van der Waals surface area contributed by atoms with E-state index in [-0.39, 0.29) is 4.90 Å². The molecule has 0 aliphatic carbocycles. The molecular weight excluding hydrogens is 471 g/mol. The Kier molecular flexibility index (Phi) is 7.13. The van der Waals surface area contributed by atoms with Gasteiger partial charge in [0.25, 0.3) is 5.56 Å². The molecule has 1 aliphatic rings. The molecule has 35 heavy (non-hydrogen) atoms. The number of rotatable bonds is 6. The standard InChI is InChI=1S/C25H27FN4O4S/c1-17-6-7-19(16-23(17)35(33,34)29-14-4-3-5-15-29)22-12-13-24(31)30(28-22)18(2)25(32)27-21-10-8-20(26)9-11-21/h6-13,16,18H,3-5,14-15H2,1-2H3,(H,27,32)/t18-/m0/s1. The van der Waals surface area contributed by atoms with Crippen LogP contribution in [0.5, 0.6) is 0 Å². The van der Waals surface area contributed by atoms with Gasteiger partial charge in [0.2, 0.25) is 15.9 Å². The summed E-state index contributed by atoms with van der Waals surface area (Å²) in [5.74, 6) is -0.929. The number of piperidine rings is 1. The highest BCUT2D eigenvalue weighted by Gasteiger charge is 2.28. The lowest BCUT2D eigenvalue weighted by molar-refractivity contribution is -0.119. The first-order chi connectivity index (χ1) is 16.7. The number of hydrogen-bond acceptors (Lipinski definition) is 5. The molecule has 0 unspecified atom stereocenters. The van der Waals surface area contributed by atoms with Crippen LogP contribution in [0.4, 0.5) is 10.1 Å². The third kappa shape index (κ3) is 5.33. The highest BCUT2D eigenvalue weighted by atomic mass is 32.2. The zero-order valence-corrected chi connectivity index (χ0v) is 20.4. The Labute approximate surface area is 203 Å². The van der Waals surface area contributed by atoms with Gasteiger partial charge in [-0.15, -0.1) is 0 Å².